The van der Waals surface area contributed by atoms with Gasteiger partial charge < -0.3 is 9.84 Å². The summed E-state index contributed by atoms with van der Waals surface area (Å²) in [5, 5.41) is 15.5. The lowest BCUT2D eigenvalue weighted by atomic mass is 9.52. The highest BCUT2D eigenvalue weighted by Crippen LogP contribution is 2.25. The first kappa shape index (κ1) is 12.7. The van der Waals surface area contributed by atoms with E-state index in [9.17, 15) is 4.39 Å². The molecule has 0 aliphatic rings. The molecule has 1 N–H and O–H groups in total. The number of nitrogens with zero attached hydrogens (tertiary/aromatic N) is 1. The molecule has 1 aromatic rings. The zero-order valence-electron chi connectivity index (χ0n) is 8.27. The van der Waals surface area contributed by atoms with E-state index in [0.29, 0.717) is 0 Å². The molecule has 0 aliphatic heterocycles. The SMILES string of the molecule is [B]C([B])([B])Oc1cc(CO)cc(F)c1C#N. The molecule has 0 saturated heterocycles. The highest BCUT2D eigenvalue weighted by Gasteiger charge is 2.17. The number of benzene rings is 1. The van der Waals surface area contributed by atoms with Gasteiger partial charge in [-0.2, -0.15) is 5.26 Å². The molecule has 0 aliphatic carbocycles. The first-order valence-electron chi connectivity index (χ1n) is 4.26. The summed E-state index contributed by atoms with van der Waals surface area (Å²) in [4.78, 5) is 0. The fraction of sp³-hybridized carbons (Fsp3) is 0.222. The summed E-state index contributed by atoms with van der Waals surface area (Å²) in [6.45, 7) is -0.411. The van der Waals surface area contributed by atoms with Gasteiger partial charge >= 0.3 is 0 Å². The Hall–Kier alpha value is -1.41. The van der Waals surface area contributed by atoms with Gasteiger partial charge in [0.15, 0.2) is 0 Å². The highest BCUT2D eigenvalue weighted by atomic mass is 19.1. The van der Waals surface area contributed by atoms with Gasteiger partial charge in [-0.25, -0.2) is 4.39 Å². The van der Waals surface area contributed by atoms with Gasteiger partial charge in [0.1, 0.15) is 46.7 Å². The van der Waals surface area contributed by atoms with E-state index in [-0.39, 0.29) is 16.9 Å². The van der Waals surface area contributed by atoms with Crippen molar-refractivity contribution in [2.45, 2.75) is 11.9 Å². The molecule has 7 heteroatoms. The second kappa shape index (κ2) is 4.62. The summed E-state index contributed by atoms with van der Waals surface area (Å²) in [7, 11) is 15.5. The Morgan fingerprint density at radius 2 is 2.06 bits per heavy atom. The van der Waals surface area contributed by atoms with E-state index in [0.717, 1.165) is 6.07 Å². The lowest BCUT2D eigenvalue weighted by Gasteiger charge is -2.24. The number of ether oxygens (including phenoxy) is 1. The predicted molar refractivity (Wildman–Crippen MR) is 57.7 cm³/mol. The topological polar surface area (TPSA) is 53.2 Å². The van der Waals surface area contributed by atoms with E-state index in [1.54, 1.807) is 6.07 Å². The van der Waals surface area contributed by atoms with E-state index in [1.807, 2.05) is 0 Å². The third-order valence-corrected chi connectivity index (χ3v) is 1.69. The average Bonchev–Trinajstić information content (AvgIpc) is 2.14. The maximum atomic E-state index is 13.3. The summed E-state index contributed by atoms with van der Waals surface area (Å²) in [6, 6.07) is 3.84. The van der Waals surface area contributed by atoms with Gasteiger partial charge in [0.25, 0.3) is 0 Å². The largest absolute Gasteiger partial charge is 0.514 e. The normalized spacial score (nSPS) is 10.8. The fourth-order valence-corrected chi connectivity index (χ4v) is 1.11. The van der Waals surface area contributed by atoms with Gasteiger partial charge in [-0.05, 0) is 23.0 Å². The van der Waals surface area contributed by atoms with Crippen LogP contribution >= 0.6 is 0 Å². The molecule has 0 aromatic heterocycles. The van der Waals surface area contributed by atoms with Crippen molar-refractivity contribution in [2.24, 2.45) is 0 Å². The lowest BCUT2D eigenvalue weighted by Crippen LogP contribution is -2.37. The molecular weight excluding hydrogens is 206 g/mol. The molecule has 6 radical (unpaired) electrons. The maximum absolute atomic E-state index is 13.3. The van der Waals surface area contributed by atoms with Crippen LogP contribution in [0.1, 0.15) is 11.1 Å². The summed E-state index contributed by atoms with van der Waals surface area (Å²) >= 11 is 0. The number of nitriles is 1. The molecule has 0 amide bonds. The monoisotopic (exact) mass is 211 g/mol. The minimum atomic E-state index is -2.02. The first-order chi connectivity index (χ1) is 7.37. The van der Waals surface area contributed by atoms with Crippen molar-refractivity contribution in [1.82, 2.24) is 0 Å². The Balaban J connectivity index is 3.25. The van der Waals surface area contributed by atoms with Crippen LogP contribution < -0.4 is 4.74 Å². The summed E-state index contributed by atoms with van der Waals surface area (Å²) < 4.78 is 18.1. The smallest absolute Gasteiger partial charge is 0.145 e. The van der Waals surface area contributed by atoms with Gasteiger partial charge in [-0.1, -0.05) is 0 Å². The van der Waals surface area contributed by atoms with Crippen LogP contribution in [-0.2, 0) is 6.61 Å². The van der Waals surface area contributed by atoms with Crippen molar-refractivity contribution >= 4 is 23.5 Å². The highest BCUT2D eigenvalue weighted by molar-refractivity contribution is 6.58. The number of aliphatic hydroxyl groups is 1. The zero-order valence-corrected chi connectivity index (χ0v) is 8.27. The van der Waals surface area contributed by atoms with Crippen molar-refractivity contribution in [3.8, 4) is 11.8 Å². The van der Waals surface area contributed by atoms with Crippen LogP contribution in [0, 0.1) is 17.1 Å². The third kappa shape index (κ3) is 3.04. The molecule has 3 nitrogen and oxygen atoms in total. The molecule has 0 bridgehead atoms. The van der Waals surface area contributed by atoms with E-state index >= 15 is 0 Å². The van der Waals surface area contributed by atoms with Crippen LogP contribution in [-0.4, -0.2) is 33.9 Å². The molecule has 0 fully saturated rings. The van der Waals surface area contributed by atoms with Gasteiger partial charge in [0.2, 0.25) is 0 Å². The van der Waals surface area contributed by atoms with Crippen LogP contribution in [0.15, 0.2) is 12.1 Å². The summed E-state index contributed by atoms with van der Waals surface area (Å²) in [5.41, 5.74) is -0.154. The Labute approximate surface area is 96.4 Å². The zero-order chi connectivity index (χ0) is 12.3. The molecule has 0 saturated carbocycles. The van der Waals surface area contributed by atoms with Crippen molar-refractivity contribution in [1.29, 1.82) is 5.26 Å². The van der Waals surface area contributed by atoms with Gasteiger partial charge in [-0.15, -0.1) is 0 Å². The maximum Gasteiger partial charge on any atom is 0.145 e. The van der Waals surface area contributed by atoms with E-state index in [4.69, 9.17) is 38.6 Å². The second-order valence-electron chi connectivity index (χ2n) is 3.18. The molecule has 1 rings (SSSR count). The number of hydrogen-bond acceptors (Lipinski definition) is 3. The van der Waals surface area contributed by atoms with Crippen LogP contribution in [0.2, 0.25) is 0 Å². The Morgan fingerprint density at radius 1 is 1.44 bits per heavy atom. The van der Waals surface area contributed by atoms with Crippen molar-refractivity contribution < 1.29 is 14.2 Å². The molecular formula is C9H5B3FNO2. The number of hydrogen-bond donors (Lipinski definition) is 1. The molecule has 1 aromatic carbocycles. The Bertz CT molecular complexity index is 440. The van der Waals surface area contributed by atoms with E-state index < -0.39 is 17.7 Å². The first-order valence-corrected chi connectivity index (χ1v) is 4.26. The third-order valence-electron chi connectivity index (χ3n) is 1.69. The van der Waals surface area contributed by atoms with E-state index in [2.05, 4.69) is 0 Å². The molecule has 0 atom stereocenters. The lowest BCUT2D eigenvalue weighted by molar-refractivity contribution is 0.277. The van der Waals surface area contributed by atoms with Gasteiger partial charge in [0.05, 0.1) is 6.61 Å². The van der Waals surface area contributed by atoms with Crippen LogP contribution in [0.3, 0.4) is 0 Å². The van der Waals surface area contributed by atoms with E-state index in [1.165, 1.54) is 6.07 Å². The predicted octanol–water partition coefficient (Wildman–Crippen LogP) is -0.315. The average molecular weight is 211 g/mol. The minimum Gasteiger partial charge on any atom is -0.514 e. The molecule has 0 unspecified atom stereocenters. The summed E-state index contributed by atoms with van der Waals surface area (Å²) in [5.74, 6) is -1.05. The molecule has 0 spiro atoms. The van der Waals surface area contributed by atoms with Crippen molar-refractivity contribution in [2.75, 3.05) is 0 Å². The molecule has 74 valence electrons. The summed E-state index contributed by atoms with van der Waals surface area (Å²) in [6.07, 6.45) is 0. The standard InChI is InChI=1S/C9H5B3FNO2/c10-9(11,12)16-8-2-5(4-15)1-7(13)6(8)3-14/h1-2,15H,4H2. The van der Waals surface area contributed by atoms with Crippen LogP contribution in [0.25, 0.3) is 0 Å². The van der Waals surface area contributed by atoms with Gasteiger partial charge in [0, 0.05) is 0 Å². The number of halogens is 1. The van der Waals surface area contributed by atoms with Crippen molar-refractivity contribution in [3.63, 3.8) is 0 Å². The number of aliphatic hydroxyl groups excluding tert-OH is 1. The molecule has 16 heavy (non-hydrogen) atoms. The quantitative estimate of drug-likeness (QED) is 0.696. The van der Waals surface area contributed by atoms with Crippen LogP contribution in [0.4, 0.5) is 4.39 Å². The van der Waals surface area contributed by atoms with Gasteiger partial charge in [-0.3, -0.25) is 0 Å². The fourth-order valence-electron chi connectivity index (χ4n) is 1.11. The molecule has 0 heterocycles. The Kier molecular flexibility index (Phi) is 3.66. The van der Waals surface area contributed by atoms with Crippen molar-refractivity contribution in [3.05, 3.63) is 29.1 Å². The minimum absolute atomic E-state index is 0.209. The van der Waals surface area contributed by atoms with Crippen LogP contribution in [0.5, 0.6) is 5.75 Å². The Morgan fingerprint density at radius 3 is 2.50 bits per heavy atom. The second-order valence-corrected chi connectivity index (χ2v) is 3.18. The number of rotatable bonds is 3.